The van der Waals surface area contributed by atoms with Gasteiger partial charge >= 0.3 is 5.69 Å². The van der Waals surface area contributed by atoms with E-state index in [1.165, 1.54) is 32.1 Å². The lowest BCUT2D eigenvalue weighted by Crippen LogP contribution is -2.46. The number of aryl methyl sites for hydroxylation is 1. The minimum atomic E-state index is -0.600. The lowest BCUT2D eigenvalue weighted by Gasteiger charge is -2.28. The second kappa shape index (κ2) is 13.1. The van der Waals surface area contributed by atoms with Crippen molar-refractivity contribution < 1.29 is 14.6 Å². The fourth-order valence-corrected chi connectivity index (χ4v) is 5.99. The number of hydrogen-bond donors (Lipinski definition) is 3. The average Bonchev–Trinajstić information content (AvgIpc) is 3.07. The average molecular weight is 666 g/mol. The molecule has 13 nitrogen and oxygen atoms in total. The van der Waals surface area contributed by atoms with Crippen LogP contribution in [0.1, 0.15) is 12.1 Å². The van der Waals surface area contributed by atoms with Gasteiger partial charge in [-0.1, -0.05) is 53.5 Å². The van der Waals surface area contributed by atoms with E-state index >= 15 is 0 Å². The van der Waals surface area contributed by atoms with E-state index < -0.39 is 17.4 Å². The molecule has 6 rings (SSSR count). The first-order chi connectivity index (χ1) is 22.2. The van der Waals surface area contributed by atoms with Crippen molar-refractivity contribution in [1.82, 2.24) is 34.4 Å². The second-order valence-corrected chi connectivity index (χ2v) is 11.5. The molecule has 3 N–H and O–H groups in total. The third-order valence-corrected chi connectivity index (χ3v) is 8.73. The van der Waals surface area contributed by atoms with E-state index in [-0.39, 0.29) is 29.5 Å². The Labute approximate surface area is 272 Å². The van der Waals surface area contributed by atoms with Crippen molar-refractivity contribution in [3.05, 3.63) is 85.5 Å². The largest absolute Gasteiger partial charge is 0.480 e. The number of ether oxygens (including phenoxy) is 2. The maximum absolute atomic E-state index is 13.0. The predicted molar refractivity (Wildman–Crippen MR) is 175 cm³/mol. The number of aromatic nitrogens is 6. The summed E-state index contributed by atoms with van der Waals surface area (Å²) in [5.74, 6) is 0.529. The van der Waals surface area contributed by atoms with Gasteiger partial charge in [-0.15, -0.1) is 0 Å². The molecule has 0 aliphatic carbocycles. The number of aliphatic hydroxyl groups is 1. The van der Waals surface area contributed by atoms with Crippen LogP contribution in [-0.2, 0) is 25.4 Å². The summed E-state index contributed by atoms with van der Waals surface area (Å²) >= 11 is 13.9. The molecular formula is C31H30Cl2N8O5. The number of hydrogen-bond acceptors (Lipinski definition) is 11. The lowest BCUT2D eigenvalue weighted by molar-refractivity contribution is -0.0281. The number of halogens is 2. The van der Waals surface area contributed by atoms with Gasteiger partial charge in [0.25, 0.3) is 5.56 Å². The highest BCUT2D eigenvalue weighted by atomic mass is 35.5. The van der Waals surface area contributed by atoms with Crippen molar-refractivity contribution in [2.75, 3.05) is 25.6 Å². The predicted octanol–water partition coefficient (Wildman–Crippen LogP) is 3.45. The molecule has 0 bridgehead atoms. The van der Waals surface area contributed by atoms with Crippen molar-refractivity contribution in [2.24, 2.45) is 14.1 Å². The van der Waals surface area contributed by atoms with Crippen LogP contribution in [0.15, 0.2) is 58.5 Å². The molecule has 0 saturated carbocycles. The van der Waals surface area contributed by atoms with Crippen LogP contribution in [0.3, 0.4) is 0 Å². The fraction of sp³-hybridized carbons (Fsp3) is 0.290. The summed E-state index contributed by atoms with van der Waals surface area (Å²) in [5, 5.41) is 17.5. The van der Waals surface area contributed by atoms with Crippen LogP contribution >= 0.6 is 23.2 Å². The first kappa shape index (κ1) is 31.6. The molecule has 2 aromatic carbocycles. The monoisotopic (exact) mass is 664 g/mol. The van der Waals surface area contributed by atoms with Gasteiger partial charge in [-0.3, -0.25) is 18.9 Å². The summed E-state index contributed by atoms with van der Waals surface area (Å²) in [5.41, 5.74) is 2.57. The number of nitrogens with one attached hydrogen (secondary N) is 2. The smallest absolute Gasteiger partial charge is 0.332 e. The van der Waals surface area contributed by atoms with Crippen LogP contribution in [0.4, 0.5) is 11.5 Å². The Balaban J connectivity index is 1.32. The lowest BCUT2D eigenvalue weighted by atomic mass is 10.0. The van der Waals surface area contributed by atoms with Crippen LogP contribution in [-0.4, -0.2) is 66.6 Å². The number of rotatable bonds is 8. The van der Waals surface area contributed by atoms with E-state index in [0.29, 0.717) is 69.3 Å². The highest BCUT2D eigenvalue weighted by Crippen LogP contribution is 2.42. The van der Waals surface area contributed by atoms with Crippen molar-refractivity contribution in [3.8, 4) is 28.3 Å². The van der Waals surface area contributed by atoms with Gasteiger partial charge in [0.05, 0.1) is 47.4 Å². The summed E-state index contributed by atoms with van der Waals surface area (Å²) in [6.07, 6.45) is 2.98. The molecule has 4 heterocycles. The molecule has 0 spiro atoms. The van der Waals surface area contributed by atoms with Crippen LogP contribution in [0.5, 0.6) is 5.88 Å². The first-order valence-electron chi connectivity index (χ1n) is 14.3. The molecule has 0 radical (unpaired) electrons. The Hall–Kier alpha value is -4.40. The SMILES string of the molecule is COc1nc(-c2cccc(-c3cccc(Nc4ncnc5c4c(=O)n(C)c(=O)n5C)c3Cl)c2Cl)cnc1CN[C@@H]1CCOC[C@H]1O. The summed E-state index contributed by atoms with van der Waals surface area (Å²) in [4.78, 5) is 43.1. The maximum Gasteiger partial charge on any atom is 0.332 e. The summed E-state index contributed by atoms with van der Waals surface area (Å²) < 4.78 is 13.1. The van der Waals surface area contributed by atoms with E-state index in [9.17, 15) is 14.7 Å². The maximum atomic E-state index is 13.0. The van der Waals surface area contributed by atoms with Crippen LogP contribution in [0, 0.1) is 0 Å². The second-order valence-electron chi connectivity index (χ2n) is 10.7. The van der Waals surface area contributed by atoms with Crippen molar-refractivity contribution in [2.45, 2.75) is 25.1 Å². The van der Waals surface area contributed by atoms with Crippen LogP contribution in [0.25, 0.3) is 33.4 Å². The van der Waals surface area contributed by atoms with Gasteiger partial charge in [0, 0.05) is 50.0 Å². The Kier molecular flexibility index (Phi) is 9.02. The summed E-state index contributed by atoms with van der Waals surface area (Å²) in [7, 11) is 4.45. The molecule has 3 aromatic heterocycles. The first-order valence-corrected chi connectivity index (χ1v) is 15.1. The third kappa shape index (κ3) is 5.83. The topological polar surface area (TPSA) is 158 Å². The van der Waals surface area contributed by atoms with Gasteiger partial charge in [0.15, 0.2) is 5.65 Å². The van der Waals surface area contributed by atoms with E-state index in [0.717, 1.165) is 4.57 Å². The minimum absolute atomic E-state index is 0.117. The molecule has 1 saturated heterocycles. The van der Waals surface area contributed by atoms with Crippen molar-refractivity contribution in [3.63, 3.8) is 0 Å². The molecule has 1 fully saturated rings. The van der Waals surface area contributed by atoms with E-state index in [4.69, 9.17) is 32.7 Å². The molecule has 0 amide bonds. The van der Waals surface area contributed by atoms with Gasteiger partial charge < -0.3 is 25.2 Å². The molecule has 5 aromatic rings. The Morgan fingerprint density at radius 2 is 1.76 bits per heavy atom. The minimum Gasteiger partial charge on any atom is -0.480 e. The van der Waals surface area contributed by atoms with Crippen molar-refractivity contribution in [1.29, 1.82) is 0 Å². The Morgan fingerprint density at radius 3 is 2.52 bits per heavy atom. The van der Waals surface area contributed by atoms with Gasteiger partial charge in [-0.25, -0.2) is 19.7 Å². The van der Waals surface area contributed by atoms with E-state index in [1.807, 2.05) is 24.3 Å². The van der Waals surface area contributed by atoms with Crippen LogP contribution in [0.2, 0.25) is 10.0 Å². The Bertz CT molecular complexity index is 2070. The standard InChI is InChI=1S/C31H30Cl2N8O5/c1-40-28-24(30(43)41(2)31(40)44)27(36-15-37-28)38-20-9-5-7-17(26(20)33)16-6-4-8-18(25(16)32)21-12-35-22(29(39-21)45-3)13-34-19-10-11-46-14-23(19)42/h4-9,12,15,19,23,34,42H,10-11,13-14H2,1-3H3,(H,36,37,38)/t19-,23-/m1/s1. The van der Waals surface area contributed by atoms with Gasteiger partial charge in [-0.05, 0) is 12.5 Å². The quantitative estimate of drug-likeness (QED) is 0.223. The highest BCUT2D eigenvalue weighted by molar-refractivity contribution is 6.39. The molecule has 2 atom stereocenters. The number of anilines is 2. The van der Waals surface area contributed by atoms with Gasteiger partial charge in [0.2, 0.25) is 5.88 Å². The molecule has 1 aliphatic heterocycles. The fourth-order valence-electron chi connectivity index (χ4n) is 5.39. The number of aliphatic hydroxyl groups excluding tert-OH is 1. The van der Waals surface area contributed by atoms with E-state index in [2.05, 4.69) is 30.6 Å². The molecule has 0 unspecified atom stereocenters. The number of fused-ring (bicyclic) bond motifs is 1. The Morgan fingerprint density at radius 1 is 1.02 bits per heavy atom. The zero-order valence-electron chi connectivity index (χ0n) is 25.1. The van der Waals surface area contributed by atoms with Gasteiger partial charge in [-0.2, -0.15) is 0 Å². The number of benzene rings is 2. The summed E-state index contributed by atoms with van der Waals surface area (Å²) in [6.45, 7) is 1.22. The van der Waals surface area contributed by atoms with E-state index in [1.54, 1.807) is 18.3 Å². The normalized spacial score (nSPS) is 16.5. The van der Waals surface area contributed by atoms with Crippen LogP contribution < -0.4 is 26.6 Å². The number of methoxy groups -OCH3 is 1. The third-order valence-electron chi connectivity index (χ3n) is 7.92. The zero-order valence-corrected chi connectivity index (χ0v) is 26.6. The zero-order chi connectivity index (χ0) is 32.5. The number of nitrogens with zero attached hydrogens (tertiary/aromatic N) is 6. The van der Waals surface area contributed by atoms with Crippen molar-refractivity contribution >= 4 is 45.7 Å². The molecule has 15 heteroatoms. The van der Waals surface area contributed by atoms with Gasteiger partial charge in [0.1, 0.15) is 23.2 Å². The molecule has 1 aliphatic rings. The highest BCUT2D eigenvalue weighted by Gasteiger charge is 2.24. The summed E-state index contributed by atoms with van der Waals surface area (Å²) in [6, 6.07) is 10.7. The molecule has 238 valence electrons. The molecule has 46 heavy (non-hydrogen) atoms. The molecular weight excluding hydrogens is 635 g/mol.